The van der Waals surface area contributed by atoms with Crippen LogP contribution in [0.3, 0.4) is 0 Å². The van der Waals surface area contributed by atoms with E-state index < -0.39 is 12.1 Å². The Morgan fingerprint density at radius 2 is 2.29 bits per heavy atom. The maximum atomic E-state index is 11.2. The molecule has 1 aliphatic rings. The summed E-state index contributed by atoms with van der Waals surface area (Å²) in [5.41, 5.74) is 0. The molecule has 1 heterocycles. The molecule has 0 bridgehead atoms. The third kappa shape index (κ3) is 2.43. The van der Waals surface area contributed by atoms with Crippen LogP contribution in [0.2, 0.25) is 0 Å². The number of amides is 1. The van der Waals surface area contributed by atoms with Crippen molar-refractivity contribution in [3.8, 4) is 0 Å². The van der Waals surface area contributed by atoms with Crippen LogP contribution >= 0.6 is 0 Å². The summed E-state index contributed by atoms with van der Waals surface area (Å²) >= 11 is 0. The van der Waals surface area contributed by atoms with Crippen molar-refractivity contribution in [3.05, 3.63) is 0 Å². The number of hydrogen-bond acceptors (Lipinski definition) is 4. The van der Waals surface area contributed by atoms with Crippen molar-refractivity contribution < 1.29 is 24.9 Å². The van der Waals surface area contributed by atoms with Gasteiger partial charge in [-0.25, -0.2) is 4.79 Å². The zero-order valence-electron chi connectivity index (χ0n) is 7.59. The van der Waals surface area contributed by atoms with E-state index in [2.05, 4.69) is 0 Å². The molecule has 1 aliphatic heterocycles. The molecule has 2 atom stereocenters. The second-order valence-electron chi connectivity index (χ2n) is 3.41. The number of carbonyl (C=O) groups excluding carboxylic acids is 1. The summed E-state index contributed by atoms with van der Waals surface area (Å²) in [4.78, 5) is 22.8. The Morgan fingerprint density at radius 1 is 1.64 bits per heavy atom. The van der Waals surface area contributed by atoms with Gasteiger partial charge in [0.05, 0.1) is 6.54 Å². The Morgan fingerprint density at radius 3 is 2.71 bits per heavy atom. The number of carboxylic acids is 1. The van der Waals surface area contributed by atoms with E-state index in [1.54, 1.807) is 0 Å². The fraction of sp³-hybridized carbons (Fsp3) is 0.750. The Bertz CT molecular complexity index is 242. The number of aliphatic hydroxyl groups excluding tert-OH is 2. The minimum absolute atomic E-state index is 0.0919. The third-order valence-corrected chi connectivity index (χ3v) is 2.23. The van der Waals surface area contributed by atoms with Crippen molar-refractivity contribution >= 4 is 11.9 Å². The van der Waals surface area contributed by atoms with Crippen LogP contribution in [0.4, 0.5) is 0 Å². The van der Waals surface area contributed by atoms with Crippen LogP contribution < -0.4 is 0 Å². The molecule has 0 aromatic rings. The molecule has 6 heteroatoms. The van der Waals surface area contributed by atoms with Gasteiger partial charge in [0, 0.05) is 25.5 Å². The molecule has 6 nitrogen and oxygen atoms in total. The molecule has 2 unspecified atom stereocenters. The highest BCUT2D eigenvalue weighted by Gasteiger charge is 2.31. The van der Waals surface area contributed by atoms with Crippen molar-refractivity contribution in [1.82, 2.24) is 4.90 Å². The fourth-order valence-electron chi connectivity index (χ4n) is 1.44. The van der Waals surface area contributed by atoms with Gasteiger partial charge in [-0.05, 0) is 0 Å². The van der Waals surface area contributed by atoms with Crippen LogP contribution in [-0.2, 0) is 9.59 Å². The number of aliphatic carboxylic acids is 1. The van der Waals surface area contributed by atoms with E-state index in [1.165, 1.54) is 4.90 Å². The molecule has 3 N–H and O–H groups in total. The maximum Gasteiger partial charge on any atom is 0.334 e. The van der Waals surface area contributed by atoms with Gasteiger partial charge in [-0.3, -0.25) is 4.79 Å². The molecule has 0 radical (unpaired) electrons. The molecule has 1 amide bonds. The van der Waals surface area contributed by atoms with E-state index in [9.17, 15) is 9.59 Å². The van der Waals surface area contributed by atoms with Gasteiger partial charge in [0.15, 0.2) is 6.10 Å². The summed E-state index contributed by atoms with van der Waals surface area (Å²) < 4.78 is 0. The zero-order chi connectivity index (χ0) is 10.7. The molecule has 14 heavy (non-hydrogen) atoms. The van der Waals surface area contributed by atoms with E-state index in [1.807, 2.05) is 0 Å². The third-order valence-electron chi connectivity index (χ3n) is 2.23. The number of likely N-dealkylation sites (tertiary alicyclic amines) is 1. The number of carboxylic acid groups (broad SMARTS) is 1. The summed E-state index contributed by atoms with van der Waals surface area (Å²) in [5.74, 6) is -1.70. The number of aliphatic hydroxyl groups is 2. The van der Waals surface area contributed by atoms with Crippen molar-refractivity contribution in [2.45, 2.75) is 12.5 Å². The predicted molar refractivity (Wildman–Crippen MR) is 45.4 cm³/mol. The van der Waals surface area contributed by atoms with Crippen LogP contribution in [0.15, 0.2) is 0 Å². The van der Waals surface area contributed by atoms with Gasteiger partial charge in [0.25, 0.3) is 0 Å². The first-order chi connectivity index (χ1) is 6.54. The minimum Gasteiger partial charge on any atom is -0.479 e. The Labute approximate surface area is 80.8 Å². The second kappa shape index (κ2) is 4.39. The van der Waals surface area contributed by atoms with E-state index in [-0.39, 0.29) is 31.4 Å². The smallest absolute Gasteiger partial charge is 0.334 e. The van der Waals surface area contributed by atoms with E-state index in [0.29, 0.717) is 6.54 Å². The highest BCUT2D eigenvalue weighted by atomic mass is 16.4. The molecular weight excluding hydrogens is 190 g/mol. The van der Waals surface area contributed by atoms with Crippen LogP contribution in [-0.4, -0.2) is 57.9 Å². The molecule has 0 aromatic heterocycles. The van der Waals surface area contributed by atoms with Gasteiger partial charge in [-0.1, -0.05) is 0 Å². The average molecular weight is 203 g/mol. The van der Waals surface area contributed by atoms with Crippen LogP contribution in [0.5, 0.6) is 0 Å². The highest BCUT2D eigenvalue weighted by molar-refractivity contribution is 5.80. The van der Waals surface area contributed by atoms with Crippen molar-refractivity contribution in [1.29, 1.82) is 0 Å². The summed E-state index contributed by atoms with van der Waals surface area (Å²) in [6.07, 6.45) is -1.32. The number of rotatable bonds is 4. The maximum absolute atomic E-state index is 11.2. The van der Waals surface area contributed by atoms with Gasteiger partial charge in [-0.15, -0.1) is 0 Å². The zero-order valence-corrected chi connectivity index (χ0v) is 7.59. The topological polar surface area (TPSA) is 98.1 Å². The van der Waals surface area contributed by atoms with E-state index in [4.69, 9.17) is 15.3 Å². The highest BCUT2D eigenvalue weighted by Crippen LogP contribution is 2.16. The lowest BCUT2D eigenvalue weighted by atomic mass is 10.1. The molecule has 0 saturated carbocycles. The quantitative estimate of drug-likeness (QED) is 0.504. The van der Waals surface area contributed by atoms with Crippen molar-refractivity contribution in [2.75, 3.05) is 19.7 Å². The average Bonchev–Trinajstić information content (AvgIpc) is 2.47. The SMILES string of the molecule is O=C(O)C(O)CN1CC(CO)CC1=O. The van der Waals surface area contributed by atoms with Gasteiger partial charge >= 0.3 is 5.97 Å². The molecule has 1 saturated heterocycles. The molecule has 0 aromatic carbocycles. The summed E-state index contributed by atoms with van der Waals surface area (Å²) in [7, 11) is 0. The lowest BCUT2D eigenvalue weighted by molar-refractivity contribution is -0.148. The number of nitrogens with zero attached hydrogens (tertiary/aromatic N) is 1. The van der Waals surface area contributed by atoms with Gasteiger partial charge in [-0.2, -0.15) is 0 Å². The minimum atomic E-state index is -1.55. The van der Waals surface area contributed by atoms with Gasteiger partial charge in [0.2, 0.25) is 5.91 Å². The number of hydrogen-bond donors (Lipinski definition) is 3. The molecule has 0 spiro atoms. The van der Waals surface area contributed by atoms with Crippen LogP contribution in [0.25, 0.3) is 0 Å². The lowest BCUT2D eigenvalue weighted by Crippen LogP contribution is -2.37. The molecule has 1 rings (SSSR count). The van der Waals surface area contributed by atoms with Crippen molar-refractivity contribution in [3.63, 3.8) is 0 Å². The standard InChI is InChI=1S/C8H13NO5/c10-4-5-1-7(12)9(2-5)3-6(11)8(13)14/h5-6,10-11H,1-4H2,(H,13,14). The first-order valence-corrected chi connectivity index (χ1v) is 4.34. The Kier molecular flexibility index (Phi) is 3.43. The predicted octanol–water partition coefficient (Wildman–Crippen LogP) is -1.73. The molecule has 80 valence electrons. The second-order valence-corrected chi connectivity index (χ2v) is 3.41. The molecule has 0 aliphatic carbocycles. The van der Waals surface area contributed by atoms with Gasteiger partial charge in [0.1, 0.15) is 0 Å². The van der Waals surface area contributed by atoms with Crippen molar-refractivity contribution in [2.24, 2.45) is 5.92 Å². The van der Waals surface area contributed by atoms with E-state index >= 15 is 0 Å². The largest absolute Gasteiger partial charge is 0.479 e. The lowest BCUT2D eigenvalue weighted by Gasteiger charge is -2.17. The van der Waals surface area contributed by atoms with E-state index in [0.717, 1.165) is 0 Å². The fourth-order valence-corrected chi connectivity index (χ4v) is 1.44. The summed E-state index contributed by atoms with van der Waals surface area (Å²) in [5, 5.41) is 26.2. The summed E-state index contributed by atoms with van der Waals surface area (Å²) in [6.45, 7) is 0.0236. The first kappa shape index (κ1) is 10.9. The van der Waals surface area contributed by atoms with Gasteiger partial charge < -0.3 is 20.2 Å². The monoisotopic (exact) mass is 203 g/mol. The number of β-amino-alcohol motifs (C(OH)–C–C–N with tert-alkyl or cyclic N) is 1. The molecule has 1 fully saturated rings. The Hall–Kier alpha value is -1.14. The van der Waals surface area contributed by atoms with Crippen LogP contribution in [0.1, 0.15) is 6.42 Å². The molecular formula is C8H13NO5. The first-order valence-electron chi connectivity index (χ1n) is 4.34. The number of carbonyl (C=O) groups is 2. The normalized spacial score (nSPS) is 24.0. The summed E-state index contributed by atoms with van der Waals surface area (Å²) in [6, 6.07) is 0. The Balaban J connectivity index is 2.46. The van der Waals surface area contributed by atoms with Crippen LogP contribution in [0, 0.1) is 5.92 Å².